The van der Waals surface area contributed by atoms with Crippen molar-refractivity contribution in [2.75, 3.05) is 6.61 Å². The Balaban J connectivity index is 1.57. The van der Waals surface area contributed by atoms with E-state index in [1.54, 1.807) is 16.9 Å². The smallest absolute Gasteiger partial charge is 0.275 e. The molecule has 26 heavy (non-hydrogen) atoms. The molecule has 0 saturated heterocycles. The Labute approximate surface area is 151 Å². The summed E-state index contributed by atoms with van der Waals surface area (Å²) in [6.45, 7) is 1.75. The molecule has 0 aliphatic carbocycles. The fourth-order valence-corrected chi connectivity index (χ4v) is 3.23. The summed E-state index contributed by atoms with van der Waals surface area (Å²) in [7, 11) is 1.81. The molecule has 3 aromatic rings. The van der Waals surface area contributed by atoms with Gasteiger partial charge in [-0.15, -0.1) is 0 Å². The van der Waals surface area contributed by atoms with Crippen molar-refractivity contribution in [1.82, 2.24) is 24.2 Å². The fraction of sp³-hybridized carbons (Fsp3) is 0.316. The third-order valence-corrected chi connectivity index (χ3v) is 4.65. The lowest BCUT2D eigenvalue weighted by molar-refractivity contribution is 0.0582. The highest BCUT2D eigenvalue weighted by Crippen LogP contribution is 2.21. The van der Waals surface area contributed by atoms with Gasteiger partial charge in [-0.05, 0) is 24.6 Å². The molecular weight excluding hydrogens is 330 g/mol. The standard InChI is InChI=1S/C19H21N5O2/c1-22-9-8-18(21-22)19(25)24-12-16-11-20-14-23(16)10-7-15(24)13-26-17-5-3-2-4-6-17/h2-6,8-9,11,14-15H,7,10,12-13H2,1H3/t15-/m0/s1. The second kappa shape index (κ2) is 7.03. The van der Waals surface area contributed by atoms with Gasteiger partial charge < -0.3 is 14.2 Å². The minimum Gasteiger partial charge on any atom is -0.491 e. The van der Waals surface area contributed by atoms with E-state index >= 15 is 0 Å². The SMILES string of the molecule is Cn1ccc(C(=O)N2Cc3cncn3CC[C@H]2COc2ccccc2)n1. The van der Waals surface area contributed by atoms with Crippen LogP contribution in [-0.4, -0.2) is 42.8 Å². The van der Waals surface area contributed by atoms with Crippen molar-refractivity contribution < 1.29 is 9.53 Å². The molecule has 3 heterocycles. The van der Waals surface area contributed by atoms with Crippen LogP contribution in [0.15, 0.2) is 55.1 Å². The van der Waals surface area contributed by atoms with Crippen molar-refractivity contribution in [2.45, 2.75) is 25.6 Å². The summed E-state index contributed by atoms with van der Waals surface area (Å²) in [5, 5.41) is 4.27. The van der Waals surface area contributed by atoms with Gasteiger partial charge in [-0.2, -0.15) is 5.10 Å². The number of ether oxygens (including phenoxy) is 1. The number of rotatable bonds is 4. The molecule has 0 N–H and O–H groups in total. The van der Waals surface area contributed by atoms with Crippen LogP contribution in [0.5, 0.6) is 5.75 Å². The third kappa shape index (κ3) is 3.33. The molecule has 1 aromatic carbocycles. The van der Waals surface area contributed by atoms with Crippen LogP contribution in [0.1, 0.15) is 22.6 Å². The molecule has 0 fully saturated rings. The maximum absolute atomic E-state index is 13.1. The molecule has 1 aliphatic rings. The second-order valence-electron chi connectivity index (χ2n) is 6.45. The Kier molecular flexibility index (Phi) is 4.43. The number of para-hydroxylation sites is 1. The molecule has 134 valence electrons. The molecule has 1 aliphatic heterocycles. The van der Waals surface area contributed by atoms with Gasteiger partial charge in [0.25, 0.3) is 5.91 Å². The van der Waals surface area contributed by atoms with Crippen LogP contribution < -0.4 is 4.74 Å². The number of hydrogen-bond donors (Lipinski definition) is 0. The van der Waals surface area contributed by atoms with Crippen LogP contribution >= 0.6 is 0 Å². The lowest BCUT2D eigenvalue weighted by atomic mass is 10.1. The van der Waals surface area contributed by atoms with E-state index in [1.165, 1.54) is 0 Å². The Morgan fingerprint density at radius 1 is 1.27 bits per heavy atom. The zero-order valence-corrected chi connectivity index (χ0v) is 14.7. The number of hydrogen-bond acceptors (Lipinski definition) is 4. The van der Waals surface area contributed by atoms with E-state index in [9.17, 15) is 4.79 Å². The quantitative estimate of drug-likeness (QED) is 0.722. The number of carbonyl (C=O) groups excluding carboxylic acids is 1. The normalized spacial score (nSPS) is 16.8. The van der Waals surface area contributed by atoms with Crippen LogP contribution in [-0.2, 0) is 20.1 Å². The number of amides is 1. The van der Waals surface area contributed by atoms with Crippen LogP contribution in [0.25, 0.3) is 0 Å². The first-order valence-electron chi connectivity index (χ1n) is 8.68. The highest BCUT2D eigenvalue weighted by Gasteiger charge is 2.30. The lowest BCUT2D eigenvalue weighted by Gasteiger charge is -2.29. The zero-order valence-electron chi connectivity index (χ0n) is 14.7. The molecule has 7 nitrogen and oxygen atoms in total. The molecule has 0 spiro atoms. The van der Waals surface area contributed by atoms with E-state index in [4.69, 9.17) is 4.74 Å². The maximum atomic E-state index is 13.1. The number of fused-ring (bicyclic) bond motifs is 1. The summed E-state index contributed by atoms with van der Waals surface area (Å²) >= 11 is 0. The summed E-state index contributed by atoms with van der Waals surface area (Å²) < 4.78 is 9.70. The van der Waals surface area contributed by atoms with E-state index in [0.29, 0.717) is 18.8 Å². The average Bonchev–Trinajstić information content (AvgIpc) is 3.26. The highest BCUT2D eigenvalue weighted by molar-refractivity contribution is 5.92. The van der Waals surface area contributed by atoms with E-state index in [-0.39, 0.29) is 11.9 Å². The first kappa shape index (κ1) is 16.4. The Hall–Kier alpha value is -3.09. The van der Waals surface area contributed by atoms with Crippen LogP contribution in [0, 0.1) is 0 Å². The van der Waals surface area contributed by atoms with E-state index in [0.717, 1.165) is 24.4 Å². The highest BCUT2D eigenvalue weighted by atomic mass is 16.5. The molecule has 4 rings (SSSR count). The maximum Gasteiger partial charge on any atom is 0.275 e. The summed E-state index contributed by atoms with van der Waals surface area (Å²) in [6.07, 6.45) is 6.22. The van der Waals surface area contributed by atoms with Gasteiger partial charge in [0.05, 0.1) is 24.6 Å². The number of aromatic nitrogens is 4. The predicted molar refractivity (Wildman–Crippen MR) is 95.7 cm³/mol. The van der Waals surface area contributed by atoms with Crippen LogP contribution in [0.3, 0.4) is 0 Å². The van der Waals surface area contributed by atoms with Crippen molar-refractivity contribution in [1.29, 1.82) is 0 Å². The van der Waals surface area contributed by atoms with Gasteiger partial charge in [0.1, 0.15) is 18.1 Å². The molecule has 7 heteroatoms. The van der Waals surface area contributed by atoms with Gasteiger partial charge in [-0.3, -0.25) is 9.48 Å². The van der Waals surface area contributed by atoms with E-state index in [1.807, 2.05) is 54.8 Å². The monoisotopic (exact) mass is 351 g/mol. The molecule has 2 aromatic heterocycles. The number of benzene rings is 1. The van der Waals surface area contributed by atoms with Gasteiger partial charge in [0.15, 0.2) is 0 Å². The number of aryl methyl sites for hydroxylation is 2. The van der Waals surface area contributed by atoms with Crippen molar-refractivity contribution >= 4 is 5.91 Å². The predicted octanol–water partition coefficient (Wildman–Crippen LogP) is 2.11. The Bertz CT molecular complexity index is 886. The van der Waals surface area contributed by atoms with Crippen molar-refractivity contribution in [2.24, 2.45) is 7.05 Å². The van der Waals surface area contributed by atoms with Crippen molar-refractivity contribution in [3.63, 3.8) is 0 Å². The fourth-order valence-electron chi connectivity index (χ4n) is 3.23. The minimum atomic E-state index is -0.0816. The molecule has 0 bridgehead atoms. The molecule has 1 atom stereocenters. The molecule has 1 amide bonds. The number of nitrogens with zero attached hydrogens (tertiary/aromatic N) is 5. The van der Waals surface area contributed by atoms with Crippen molar-refractivity contribution in [3.05, 3.63) is 66.5 Å². The average molecular weight is 351 g/mol. The lowest BCUT2D eigenvalue weighted by Crippen LogP contribution is -2.42. The summed E-state index contributed by atoms with van der Waals surface area (Å²) in [6, 6.07) is 11.4. The Morgan fingerprint density at radius 3 is 2.88 bits per heavy atom. The van der Waals surface area contributed by atoms with Crippen molar-refractivity contribution in [3.8, 4) is 5.75 Å². The molecular formula is C19H21N5O2. The minimum absolute atomic E-state index is 0.0374. The molecule has 0 unspecified atom stereocenters. The van der Waals surface area contributed by atoms with Crippen LogP contribution in [0.2, 0.25) is 0 Å². The van der Waals surface area contributed by atoms with E-state index < -0.39 is 0 Å². The first-order chi connectivity index (χ1) is 12.7. The third-order valence-electron chi connectivity index (χ3n) is 4.65. The summed E-state index contributed by atoms with van der Waals surface area (Å²) in [4.78, 5) is 19.1. The summed E-state index contributed by atoms with van der Waals surface area (Å²) in [5.74, 6) is 0.727. The Morgan fingerprint density at radius 2 is 2.12 bits per heavy atom. The number of imidazole rings is 1. The largest absolute Gasteiger partial charge is 0.491 e. The van der Waals surface area contributed by atoms with Gasteiger partial charge in [-0.1, -0.05) is 18.2 Å². The van der Waals surface area contributed by atoms with Gasteiger partial charge in [0, 0.05) is 26.0 Å². The van der Waals surface area contributed by atoms with Gasteiger partial charge in [-0.25, -0.2) is 4.98 Å². The summed E-state index contributed by atoms with van der Waals surface area (Å²) in [5.41, 5.74) is 1.47. The topological polar surface area (TPSA) is 65.2 Å². The molecule has 0 saturated carbocycles. The second-order valence-corrected chi connectivity index (χ2v) is 6.45. The molecule has 0 radical (unpaired) electrons. The van der Waals surface area contributed by atoms with Gasteiger partial charge in [0.2, 0.25) is 0 Å². The van der Waals surface area contributed by atoms with Crippen LogP contribution in [0.4, 0.5) is 0 Å². The zero-order chi connectivity index (χ0) is 17.9. The number of carbonyl (C=O) groups is 1. The first-order valence-corrected chi connectivity index (χ1v) is 8.68. The van der Waals surface area contributed by atoms with E-state index in [2.05, 4.69) is 14.6 Å². The van der Waals surface area contributed by atoms with Gasteiger partial charge >= 0.3 is 0 Å².